The summed E-state index contributed by atoms with van der Waals surface area (Å²) in [5, 5.41) is 4.07. The van der Waals surface area contributed by atoms with Crippen molar-refractivity contribution < 1.29 is 0 Å². The van der Waals surface area contributed by atoms with Crippen molar-refractivity contribution in [3.63, 3.8) is 0 Å². The lowest BCUT2D eigenvalue weighted by atomic mass is 10.2. The number of hydrazine groups is 1. The Morgan fingerprint density at radius 2 is 2.36 bits per heavy atom. The van der Waals surface area contributed by atoms with Gasteiger partial charge in [0.05, 0.1) is 17.6 Å². The van der Waals surface area contributed by atoms with Crippen LogP contribution in [0.1, 0.15) is 0 Å². The summed E-state index contributed by atoms with van der Waals surface area (Å²) >= 11 is 0. The van der Waals surface area contributed by atoms with Crippen LogP contribution in [0, 0.1) is 0 Å². The molecule has 0 spiro atoms. The van der Waals surface area contributed by atoms with Gasteiger partial charge in [-0.3, -0.25) is 15.5 Å². The molecule has 5 nitrogen and oxygen atoms in total. The Kier molecular flexibility index (Phi) is 2.16. The molecule has 0 amide bonds. The Hall–Kier alpha value is -1.88. The predicted molar refractivity (Wildman–Crippen MR) is 54.2 cm³/mol. The van der Waals surface area contributed by atoms with Crippen LogP contribution in [0.25, 0.3) is 11.3 Å². The van der Waals surface area contributed by atoms with E-state index in [0.717, 1.165) is 16.9 Å². The predicted octanol–water partition coefficient (Wildman–Crippen LogP) is 0.768. The number of nitrogen functional groups attached to an aromatic ring is 1. The second kappa shape index (κ2) is 3.47. The topological polar surface area (TPSA) is 68.8 Å². The maximum atomic E-state index is 5.30. The SMILES string of the molecule is Cn1cc(-c2cc(NN)ccn2)cn1. The molecule has 0 fully saturated rings. The standard InChI is InChI=1S/C9H11N5/c1-14-6-7(5-12-14)9-4-8(13-10)2-3-11-9/h2-6H,10H2,1H3,(H,11,13). The minimum Gasteiger partial charge on any atom is -0.324 e. The van der Waals surface area contributed by atoms with E-state index in [9.17, 15) is 0 Å². The number of pyridine rings is 1. The van der Waals surface area contributed by atoms with Crippen molar-refractivity contribution in [1.29, 1.82) is 0 Å². The van der Waals surface area contributed by atoms with Crippen molar-refractivity contribution in [2.24, 2.45) is 12.9 Å². The number of nitrogens with two attached hydrogens (primary N) is 1. The summed E-state index contributed by atoms with van der Waals surface area (Å²) in [6, 6.07) is 3.68. The van der Waals surface area contributed by atoms with E-state index >= 15 is 0 Å². The van der Waals surface area contributed by atoms with E-state index in [-0.39, 0.29) is 0 Å². The summed E-state index contributed by atoms with van der Waals surface area (Å²) in [5.74, 6) is 5.30. The lowest BCUT2D eigenvalue weighted by Gasteiger charge is -2.00. The molecular weight excluding hydrogens is 178 g/mol. The van der Waals surface area contributed by atoms with Gasteiger partial charge in [0, 0.05) is 25.0 Å². The molecule has 0 aliphatic heterocycles. The molecule has 0 unspecified atom stereocenters. The second-order valence-corrected chi connectivity index (χ2v) is 2.98. The third kappa shape index (κ3) is 1.57. The molecule has 72 valence electrons. The minimum atomic E-state index is 0.832. The van der Waals surface area contributed by atoms with Crippen molar-refractivity contribution in [1.82, 2.24) is 14.8 Å². The number of aromatic nitrogens is 3. The quantitative estimate of drug-likeness (QED) is 0.540. The van der Waals surface area contributed by atoms with Gasteiger partial charge in [-0.25, -0.2) is 0 Å². The molecule has 2 rings (SSSR count). The smallest absolute Gasteiger partial charge is 0.0754 e. The molecule has 5 heteroatoms. The van der Waals surface area contributed by atoms with Crippen LogP contribution in [0.2, 0.25) is 0 Å². The highest BCUT2D eigenvalue weighted by molar-refractivity contribution is 5.62. The first-order valence-electron chi connectivity index (χ1n) is 4.21. The monoisotopic (exact) mass is 189 g/mol. The van der Waals surface area contributed by atoms with Gasteiger partial charge in [0.2, 0.25) is 0 Å². The molecule has 0 atom stereocenters. The van der Waals surface area contributed by atoms with Gasteiger partial charge in [0.15, 0.2) is 0 Å². The van der Waals surface area contributed by atoms with Crippen LogP contribution in [0.4, 0.5) is 5.69 Å². The molecule has 0 aliphatic rings. The normalized spacial score (nSPS) is 10.1. The molecule has 2 aromatic heterocycles. The van der Waals surface area contributed by atoms with Crippen molar-refractivity contribution in [3.05, 3.63) is 30.7 Å². The highest BCUT2D eigenvalue weighted by Gasteiger charge is 2.01. The average molecular weight is 189 g/mol. The molecule has 0 radical (unpaired) electrons. The molecule has 0 aliphatic carbocycles. The fourth-order valence-electron chi connectivity index (χ4n) is 1.23. The molecule has 0 aromatic carbocycles. The second-order valence-electron chi connectivity index (χ2n) is 2.98. The maximum Gasteiger partial charge on any atom is 0.0754 e. The van der Waals surface area contributed by atoms with E-state index < -0.39 is 0 Å². The van der Waals surface area contributed by atoms with Gasteiger partial charge < -0.3 is 5.43 Å². The van der Waals surface area contributed by atoms with Crippen LogP contribution in [0.5, 0.6) is 0 Å². The summed E-state index contributed by atoms with van der Waals surface area (Å²) < 4.78 is 1.74. The van der Waals surface area contributed by atoms with Crippen LogP contribution in [-0.2, 0) is 7.05 Å². The molecule has 2 aromatic rings. The van der Waals surface area contributed by atoms with Gasteiger partial charge in [-0.1, -0.05) is 0 Å². The first-order valence-corrected chi connectivity index (χ1v) is 4.21. The largest absolute Gasteiger partial charge is 0.324 e. The Morgan fingerprint density at radius 1 is 1.50 bits per heavy atom. The van der Waals surface area contributed by atoms with Crippen LogP contribution >= 0.6 is 0 Å². The zero-order chi connectivity index (χ0) is 9.97. The lowest BCUT2D eigenvalue weighted by molar-refractivity contribution is 0.768. The first-order chi connectivity index (χ1) is 6.79. The third-order valence-electron chi connectivity index (χ3n) is 1.93. The van der Waals surface area contributed by atoms with E-state index in [0.29, 0.717) is 0 Å². The van der Waals surface area contributed by atoms with Gasteiger partial charge in [-0.05, 0) is 12.1 Å². The van der Waals surface area contributed by atoms with Gasteiger partial charge >= 0.3 is 0 Å². The average Bonchev–Trinajstić information content (AvgIpc) is 2.65. The van der Waals surface area contributed by atoms with Crippen LogP contribution in [0.3, 0.4) is 0 Å². The molecule has 3 N–H and O–H groups in total. The number of rotatable bonds is 2. The van der Waals surface area contributed by atoms with Crippen molar-refractivity contribution in [2.75, 3.05) is 5.43 Å². The Morgan fingerprint density at radius 3 is 3.00 bits per heavy atom. The van der Waals surface area contributed by atoms with Crippen molar-refractivity contribution >= 4 is 5.69 Å². The van der Waals surface area contributed by atoms with Gasteiger partial charge in [0.1, 0.15) is 0 Å². The Bertz CT molecular complexity index is 434. The molecule has 0 saturated heterocycles. The van der Waals surface area contributed by atoms with Gasteiger partial charge in [-0.15, -0.1) is 0 Å². The van der Waals surface area contributed by atoms with Crippen molar-refractivity contribution in [2.45, 2.75) is 0 Å². The molecule has 0 saturated carbocycles. The number of anilines is 1. The molecule has 14 heavy (non-hydrogen) atoms. The molecular formula is C9H11N5. The number of nitrogens with zero attached hydrogens (tertiary/aromatic N) is 3. The number of nitrogens with one attached hydrogen (secondary N) is 1. The summed E-state index contributed by atoms with van der Waals surface area (Å²) in [6.07, 6.45) is 5.38. The number of hydrogen-bond acceptors (Lipinski definition) is 4. The number of aryl methyl sites for hydroxylation is 1. The van der Waals surface area contributed by atoms with E-state index in [1.54, 1.807) is 23.1 Å². The fourth-order valence-corrected chi connectivity index (χ4v) is 1.23. The van der Waals surface area contributed by atoms with Crippen molar-refractivity contribution in [3.8, 4) is 11.3 Å². The highest BCUT2D eigenvalue weighted by Crippen LogP contribution is 2.18. The fraction of sp³-hybridized carbons (Fsp3) is 0.111. The van der Waals surface area contributed by atoms with E-state index in [2.05, 4.69) is 15.5 Å². The highest BCUT2D eigenvalue weighted by atomic mass is 15.2. The zero-order valence-corrected chi connectivity index (χ0v) is 7.81. The summed E-state index contributed by atoms with van der Waals surface area (Å²) in [6.45, 7) is 0. The van der Waals surface area contributed by atoms with E-state index in [1.165, 1.54) is 0 Å². The molecule has 2 heterocycles. The van der Waals surface area contributed by atoms with Crippen LogP contribution in [0.15, 0.2) is 30.7 Å². The summed E-state index contributed by atoms with van der Waals surface area (Å²) in [7, 11) is 1.87. The summed E-state index contributed by atoms with van der Waals surface area (Å²) in [4.78, 5) is 4.22. The van der Waals surface area contributed by atoms with Crippen LogP contribution in [-0.4, -0.2) is 14.8 Å². The summed E-state index contributed by atoms with van der Waals surface area (Å²) in [5.41, 5.74) is 5.24. The minimum absolute atomic E-state index is 0.832. The third-order valence-corrected chi connectivity index (χ3v) is 1.93. The Labute approximate surface area is 81.5 Å². The lowest BCUT2D eigenvalue weighted by Crippen LogP contribution is -2.06. The van der Waals surface area contributed by atoms with E-state index in [4.69, 9.17) is 5.84 Å². The van der Waals surface area contributed by atoms with Gasteiger partial charge in [0.25, 0.3) is 0 Å². The maximum absolute atomic E-state index is 5.30. The Balaban J connectivity index is 2.41. The van der Waals surface area contributed by atoms with Crippen LogP contribution < -0.4 is 11.3 Å². The first kappa shape index (κ1) is 8.71. The zero-order valence-electron chi connectivity index (χ0n) is 7.81. The van der Waals surface area contributed by atoms with Gasteiger partial charge in [-0.2, -0.15) is 5.10 Å². The molecule has 0 bridgehead atoms. The number of hydrogen-bond donors (Lipinski definition) is 2. The van der Waals surface area contributed by atoms with E-state index in [1.807, 2.05) is 19.3 Å².